The van der Waals surface area contributed by atoms with Gasteiger partial charge in [0.25, 0.3) is 0 Å². The van der Waals surface area contributed by atoms with E-state index in [1.54, 1.807) is 11.2 Å². The van der Waals surface area contributed by atoms with Gasteiger partial charge in [0.2, 0.25) is 0 Å². The van der Waals surface area contributed by atoms with Crippen molar-refractivity contribution in [2.24, 2.45) is 5.84 Å². The number of hydrogen-bond acceptors (Lipinski definition) is 7. The number of nitrogens with one attached hydrogen (secondary N) is 1. The van der Waals surface area contributed by atoms with Crippen LogP contribution in [0.5, 0.6) is 0 Å². The van der Waals surface area contributed by atoms with Crippen LogP contribution in [0.2, 0.25) is 0 Å². The average molecular weight is 349 g/mol. The Balaban J connectivity index is 1.50. The number of anilines is 3. The SMILES string of the molecule is CNC1CCCN(c2ccnc3c2N3N(N)Cc2cccc(C#N)c2)C1. The van der Waals surface area contributed by atoms with Crippen LogP contribution in [0.4, 0.5) is 17.2 Å². The van der Waals surface area contributed by atoms with Gasteiger partial charge in [-0.25, -0.2) is 15.8 Å². The summed E-state index contributed by atoms with van der Waals surface area (Å²) in [5, 5.41) is 16.1. The summed E-state index contributed by atoms with van der Waals surface area (Å²) in [6.45, 7) is 2.57. The molecule has 0 saturated carbocycles. The van der Waals surface area contributed by atoms with Gasteiger partial charge in [0, 0.05) is 25.3 Å². The van der Waals surface area contributed by atoms with Crippen molar-refractivity contribution in [2.75, 3.05) is 30.0 Å². The maximum absolute atomic E-state index is 9.06. The summed E-state index contributed by atoms with van der Waals surface area (Å²) in [7, 11) is 2.02. The number of hydrazine groups is 2. The molecule has 1 atom stereocenters. The van der Waals surface area contributed by atoms with Crippen LogP contribution in [0.15, 0.2) is 36.5 Å². The molecule has 0 aliphatic carbocycles. The predicted molar refractivity (Wildman–Crippen MR) is 102 cm³/mol. The first kappa shape index (κ1) is 16.8. The van der Waals surface area contributed by atoms with Crippen molar-refractivity contribution in [3.05, 3.63) is 47.7 Å². The molecular formula is C19H23N7. The van der Waals surface area contributed by atoms with E-state index in [0.717, 1.165) is 30.2 Å². The van der Waals surface area contributed by atoms with Crippen molar-refractivity contribution < 1.29 is 0 Å². The minimum atomic E-state index is 0.516. The molecule has 2 aliphatic heterocycles. The molecule has 1 fully saturated rings. The van der Waals surface area contributed by atoms with E-state index >= 15 is 0 Å². The minimum absolute atomic E-state index is 0.516. The van der Waals surface area contributed by atoms with Gasteiger partial charge in [0.05, 0.1) is 23.9 Å². The summed E-state index contributed by atoms with van der Waals surface area (Å²) in [4.78, 5) is 6.87. The Labute approximate surface area is 153 Å². The van der Waals surface area contributed by atoms with Gasteiger partial charge in [-0.15, -0.1) is 5.12 Å². The molecule has 7 heteroatoms. The molecule has 3 N–H and O–H groups in total. The normalized spacial score (nSPS) is 18.6. The van der Waals surface area contributed by atoms with Gasteiger partial charge in [-0.2, -0.15) is 5.26 Å². The average Bonchev–Trinajstić information content (AvgIpc) is 3.43. The quantitative estimate of drug-likeness (QED) is 0.484. The van der Waals surface area contributed by atoms with Gasteiger partial charge in [0.1, 0.15) is 5.69 Å². The summed E-state index contributed by atoms with van der Waals surface area (Å²) < 4.78 is 0. The number of hydrogen-bond donors (Lipinski definition) is 2. The monoisotopic (exact) mass is 349 g/mol. The molecule has 0 bridgehead atoms. The lowest BCUT2D eigenvalue weighted by Crippen LogP contribution is -2.44. The van der Waals surface area contributed by atoms with Crippen LogP contribution in [0, 0.1) is 11.3 Å². The van der Waals surface area contributed by atoms with Crippen molar-refractivity contribution in [1.29, 1.82) is 5.26 Å². The van der Waals surface area contributed by atoms with Gasteiger partial charge in [-0.1, -0.05) is 12.1 Å². The zero-order chi connectivity index (χ0) is 18.1. The lowest BCUT2D eigenvalue weighted by Gasteiger charge is -2.34. The third-order valence-electron chi connectivity index (χ3n) is 5.07. The number of nitrogens with two attached hydrogens (primary N) is 1. The van der Waals surface area contributed by atoms with Crippen LogP contribution >= 0.6 is 0 Å². The van der Waals surface area contributed by atoms with Crippen molar-refractivity contribution in [3.8, 4) is 6.07 Å². The smallest absolute Gasteiger partial charge is 0.177 e. The predicted octanol–water partition coefficient (Wildman–Crippen LogP) is 1.88. The summed E-state index contributed by atoms with van der Waals surface area (Å²) >= 11 is 0. The second-order valence-electron chi connectivity index (χ2n) is 6.80. The lowest BCUT2D eigenvalue weighted by molar-refractivity contribution is 0.297. The van der Waals surface area contributed by atoms with E-state index in [0.29, 0.717) is 18.2 Å². The van der Waals surface area contributed by atoms with Gasteiger partial charge in [-0.3, -0.25) is 0 Å². The van der Waals surface area contributed by atoms with E-state index in [1.165, 1.54) is 18.5 Å². The van der Waals surface area contributed by atoms with Crippen LogP contribution in [-0.2, 0) is 6.54 Å². The molecule has 7 nitrogen and oxygen atoms in total. The van der Waals surface area contributed by atoms with E-state index in [9.17, 15) is 0 Å². The Bertz CT molecular complexity index is 844. The minimum Gasteiger partial charge on any atom is -0.368 e. The fourth-order valence-corrected chi connectivity index (χ4v) is 3.68. The first-order valence-electron chi connectivity index (χ1n) is 8.94. The molecule has 0 spiro atoms. The Hall–Kier alpha value is -2.66. The molecule has 1 aromatic heterocycles. The zero-order valence-electron chi connectivity index (χ0n) is 14.9. The standard InChI is InChI=1S/C19H23N7/c1-22-16-6-3-9-24(13-16)17-7-8-23-19-18(17)26(19)25(21)12-15-5-2-4-14(10-15)11-20/h2,4-5,7-8,10,16,22H,3,6,9,12-13,21H2,1H3. The number of piperidine rings is 1. The summed E-state index contributed by atoms with van der Waals surface area (Å²) in [5.74, 6) is 7.22. The number of likely N-dealkylation sites (N-methyl/N-ethyl adjacent to an activating group) is 1. The third kappa shape index (κ3) is 3.10. The maximum atomic E-state index is 9.06. The van der Waals surface area contributed by atoms with Crippen LogP contribution in [0.3, 0.4) is 0 Å². The number of nitrogens with zero attached hydrogens (tertiary/aromatic N) is 5. The molecule has 1 aromatic carbocycles. The van der Waals surface area contributed by atoms with E-state index in [2.05, 4.69) is 27.3 Å². The number of pyridine rings is 1. The Morgan fingerprint density at radius 1 is 1.42 bits per heavy atom. The number of rotatable bonds is 5. The molecule has 3 heterocycles. The summed E-state index contributed by atoms with van der Waals surface area (Å²) in [6.07, 6.45) is 4.24. The highest BCUT2D eigenvalue weighted by Crippen LogP contribution is 2.53. The van der Waals surface area contributed by atoms with Crippen LogP contribution in [-0.4, -0.2) is 36.3 Å². The first-order valence-corrected chi connectivity index (χ1v) is 8.94. The van der Waals surface area contributed by atoms with Gasteiger partial charge >= 0.3 is 0 Å². The Morgan fingerprint density at radius 2 is 2.31 bits per heavy atom. The maximum Gasteiger partial charge on any atom is 0.177 e. The molecule has 1 saturated heterocycles. The number of fused-ring (bicyclic) bond motifs is 1. The summed E-state index contributed by atoms with van der Waals surface area (Å²) in [5.41, 5.74) is 3.92. The molecule has 26 heavy (non-hydrogen) atoms. The van der Waals surface area contributed by atoms with Gasteiger partial charge in [0.15, 0.2) is 5.82 Å². The lowest BCUT2D eigenvalue weighted by atomic mass is 10.1. The highest BCUT2D eigenvalue weighted by molar-refractivity contribution is 5.98. The molecule has 1 unspecified atom stereocenters. The Kier molecular flexibility index (Phi) is 4.47. The van der Waals surface area contributed by atoms with Crippen molar-refractivity contribution in [1.82, 2.24) is 15.4 Å². The van der Waals surface area contributed by atoms with Crippen molar-refractivity contribution in [3.63, 3.8) is 0 Å². The molecule has 134 valence electrons. The van der Waals surface area contributed by atoms with Crippen LogP contribution in [0.25, 0.3) is 0 Å². The molecule has 0 radical (unpaired) electrons. The zero-order valence-corrected chi connectivity index (χ0v) is 14.9. The molecule has 4 rings (SSSR count). The van der Waals surface area contributed by atoms with E-state index in [1.807, 2.05) is 36.5 Å². The number of aromatic nitrogens is 1. The van der Waals surface area contributed by atoms with Gasteiger partial charge in [-0.05, 0) is 43.7 Å². The number of nitriles is 1. The van der Waals surface area contributed by atoms with Crippen molar-refractivity contribution in [2.45, 2.75) is 25.4 Å². The highest BCUT2D eigenvalue weighted by Gasteiger charge is 2.40. The fraction of sp³-hybridized carbons (Fsp3) is 0.368. The largest absolute Gasteiger partial charge is 0.368 e. The fourth-order valence-electron chi connectivity index (χ4n) is 3.68. The topological polar surface area (TPSA) is 84.2 Å². The second kappa shape index (κ2) is 6.92. The van der Waals surface area contributed by atoms with E-state index in [4.69, 9.17) is 11.1 Å². The number of benzene rings is 1. The van der Waals surface area contributed by atoms with Crippen LogP contribution < -0.4 is 21.1 Å². The van der Waals surface area contributed by atoms with E-state index in [-0.39, 0.29) is 0 Å². The first-order chi connectivity index (χ1) is 12.7. The molecule has 2 aliphatic rings. The molecular weight excluding hydrogens is 326 g/mol. The third-order valence-corrected chi connectivity index (χ3v) is 5.07. The Morgan fingerprint density at radius 3 is 3.12 bits per heavy atom. The van der Waals surface area contributed by atoms with Crippen LogP contribution in [0.1, 0.15) is 24.0 Å². The van der Waals surface area contributed by atoms with E-state index < -0.39 is 0 Å². The van der Waals surface area contributed by atoms with Crippen molar-refractivity contribution >= 4 is 17.2 Å². The summed E-state index contributed by atoms with van der Waals surface area (Å²) in [6, 6.07) is 12.3. The second-order valence-corrected chi connectivity index (χ2v) is 6.80. The molecule has 2 aromatic rings. The van der Waals surface area contributed by atoms with Gasteiger partial charge < -0.3 is 10.2 Å². The highest BCUT2D eigenvalue weighted by atomic mass is 15.8. The molecule has 0 amide bonds.